The molecule has 0 saturated carbocycles. The monoisotopic (exact) mass is 610 g/mol. The summed E-state index contributed by atoms with van der Waals surface area (Å²) in [5.41, 5.74) is 3.12. The van der Waals surface area contributed by atoms with E-state index in [0.717, 1.165) is 55.6 Å². The van der Waals surface area contributed by atoms with Crippen LogP contribution in [-0.2, 0) is 29.5 Å². The van der Waals surface area contributed by atoms with Crippen molar-refractivity contribution >= 4 is 38.2 Å². The summed E-state index contributed by atoms with van der Waals surface area (Å²) in [5, 5.41) is 3.51. The van der Waals surface area contributed by atoms with E-state index in [0.29, 0.717) is 35.8 Å². The molecule has 226 valence electrons. The van der Waals surface area contributed by atoms with Crippen molar-refractivity contribution in [3.05, 3.63) is 81.7 Å². The Bertz CT molecular complexity index is 1460. The Labute approximate surface area is 254 Å². The number of rotatable bonds is 13. The van der Waals surface area contributed by atoms with Gasteiger partial charge in [-0.15, -0.1) is 11.3 Å². The van der Waals surface area contributed by atoms with Crippen molar-refractivity contribution in [3.8, 4) is 0 Å². The van der Waals surface area contributed by atoms with E-state index in [2.05, 4.69) is 22.3 Å². The van der Waals surface area contributed by atoms with E-state index in [4.69, 9.17) is 0 Å². The average molecular weight is 611 g/mol. The van der Waals surface area contributed by atoms with Gasteiger partial charge in [-0.25, -0.2) is 8.42 Å². The second kappa shape index (κ2) is 14.4. The van der Waals surface area contributed by atoms with Crippen LogP contribution in [-0.4, -0.2) is 68.1 Å². The van der Waals surface area contributed by atoms with Gasteiger partial charge in [-0.3, -0.25) is 14.5 Å². The molecule has 0 atom stereocenters. The first-order valence-corrected chi connectivity index (χ1v) is 16.9. The summed E-state index contributed by atoms with van der Waals surface area (Å²) >= 11 is 1.45. The number of thiophene rings is 1. The van der Waals surface area contributed by atoms with Crippen LogP contribution in [0.3, 0.4) is 0 Å². The first-order valence-electron chi connectivity index (χ1n) is 14.7. The average Bonchev–Trinajstić information content (AvgIpc) is 3.33. The van der Waals surface area contributed by atoms with Crippen molar-refractivity contribution in [1.82, 2.24) is 14.1 Å². The lowest BCUT2D eigenvalue weighted by molar-refractivity contribution is 0.0827. The lowest BCUT2D eigenvalue weighted by Crippen LogP contribution is -2.33. The minimum absolute atomic E-state index is 0.139. The van der Waals surface area contributed by atoms with Crippen LogP contribution in [0.5, 0.6) is 0 Å². The second-order valence-electron chi connectivity index (χ2n) is 10.9. The summed E-state index contributed by atoms with van der Waals surface area (Å²) in [6, 6.07) is 16.4. The molecule has 8 nitrogen and oxygen atoms in total. The van der Waals surface area contributed by atoms with Crippen molar-refractivity contribution in [1.29, 1.82) is 0 Å². The predicted octanol–water partition coefficient (Wildman–Crippen LogP) is 5.85. The number of carbonyl (C=O) groups is 2. The van der Waals surface area contributed by atoms with Crippen LogP contribution in [0.1, 0.15) is 76.3 Å². The Kier molecular flexibility index (Phi) is 10.9. The molecule has 1 aliphatic heterocycles. The Balaban J connectivity index is 1.54. The molecule has 0 saturated heterocycles. The van der Waals surface area contributed by atoms with Crippen molar-refractivity contribution in [2.24, 2.45) is 0 Å². The van der Waals surface area contributed by atoms with E-state index >= 15 is 0 Å². The summed E-state index contributed by atoms with van der Waals surface area (Å²) in [6.45, 7) is 7.40. The van der Waals surface area contributed by atoms with Crippen LogP contribution in [0.15, 0.2) is 59.5 Å². The molecular formula is C32H42N4O4S2. The zero-order chi connectivity index (χ0) is 30.3. The number of nitrogens with zero attached hydrogens (tertiary/aromatic N) is 3. The maximum Gasteiger partial charge on any atom is 0.256 e. The number of anilines is 1. The highest BCUT2D eigenvalue weighted by Gasteiger charge is 2.30. The predicted molar refractivity (Wildman–Crippen MR) is 170 cm³/mol. The fourth-order valence-corrected chi connectivity index (χ4v) is 7.89. The van der Waals surface area contributed by atoms with Gasteiger partial charge in [-0.05, 0) is 54.7 Å². The highest BCUT2D eigenvalue weighted by molar-refractivity contribution is 7.89. The van der Waals surface area contributed by atoms with Crippen LogP contribution in [0.2, 0.25) is 0 Å². The molecule has 4 rings (SSSR count). The molecule has 0 bridgehead atoms. The Morgan fingerprint density at radius 2 is 1.60 bits per heavy atom. The molecule has 42 heavy (non-hydrogen) atoms. The molecule has 2 amide bonds. The molecular weight excluding hydrogens is 569 g/mol. The van der Waals surface area contributed by atoms with Crippen molar-refractivity contribution < 1.29 is 18.0 Å². The largest absolute Gasteiger partial charge is 0.345 e. The van der Waals surface area contributed by atoms with Gasteiger partial charge in [0.15, 0.2) is 0 Å². The smallest absolute Gasteiger partial charge is 0.256 e. The lowest BCUT2D eigenvalue weighted by Gasteiger charge is -2.27. The van der Waals surface area contributed by atoms with Crippen LogP contribution >= 0.6 is 11.3 Å². The number of fused-ring (bicyclic) bond motifs is 1. The van der Waals surface area contributed by atoms with Crippen LogP contribution in [0.25, 0.3) is 0 Å². The number of hydrogen-bond donors (Lipinski definition) is 1. The number of amides is 2. The van der Waals surface area contributed by atoms with Gasteiger partial charge in [0.05, 0.1) is 10.5 Å². The third kappa shape index (κ3) is 7.47. The highest BCUT2D eigenvalue weighted by Crippen LogP contribution is 2.38. The molecule has 0 spiro atoms. The maximum absolute atomic E-state index is 13.4. The highest BCUT2D eigenvalue weighted by atomic mass is 32.2. The van der Waals surface area contributed by atoms with Gasteiger partial charge in [0, 0.05) is 57.3 Å². The Morgan fingerprint density at radius 1 is 0.952 bits per heavy atom. The zero-order valence-corrected chi connectivity index (χ0v) is 26.7. The zero-order valence-electron chi connectivity index (χ0n) is 25.1. The molecule has 0 radical (unpaired) electrons. The topological polar surface area (TPSA) is 90.0 Å². The van der Waals surface area contributed by atoms with Gasteiger partial charge < -0.3 is 10.2 Å². The Morgan fingerprint density at radius 3 is 2.19 bits per heavy atom. The van der Waals surface area contributed by atoms with Crippen LogP contribution < -0.4 is 5.32 Å². The molecule has 3 aromatic rings. The number of carbonyl (C=O) groups excluding carboxylic acids is 2. The first kappa shape index (κ1) is 31.9. The molecule has 0 unspecified atom stereocenters. The van der Waals surface area contributed by atoms with Gasteiger partial charge in [-0.1, -0.05) is 57.0 Å². The van der Waals surface area contributed by atoms with Crippen molar-refractivity contribution in [2.75, 3.05) is 39.0 Å². The summed E-state index contributed by atoms with van der Waals surface area (Å²) < 4.78 is 28.2. The van der Waals surface area contributed by atoms with Gasteiger partial charge in [0.2, 0.25) is 10.0 Å². The summed E-state index contributed by atoms with van der Waals surface area (Å²) in [5.74, 6) is -0.514. The summed E-state index contributed by atoms with van der Waals surface area (Å²) in [4.78, 5) is 31.8. The molecule has 10 heteroatoms. The van der Waals surface area contributed by atoms with E-state index in [1.54, 1.807) is 30.5 Å². The van der Waals surface area contributed by atoms with Crippen molar-refractivity contribution in [2.45, 2.75) is 63.9 Å². The molecule has 2 heterocycles. The van der Waals surface area contributed by atoms with Crippen LogP contribution in [0, 0.1) is 0 Å². The normalized spacial score (nSPS) is 13.6. The fraction of sp³-hybridized carbons (Fsp3) is 0.438. The minimum atomic E-state index is -3.66. The van der Waals surface area contributed by atoms with E-state index in [1.165, 1.54) is 33.9 Å². The fourth-order valence-electron chi connectivity index (χ4n) is 5.09. The standard InChI is InChI=1S/C32H42N4O4S2/c1-5-7-19-36(20-8-6-2)42(39,40)26-16-14-25(15-17-26)30(37)33-31-29(32(38)34(3)4)27-18-21-35(23-28(27)41-31)22-24-12-10-9-11-13-24/h9-17H,5-8,18-23H2,1-4H3,(H,33,37). The molecule has 1 aliphatic rings. The quantitative estimate of drug-likeness (QED) is 0.262. The summed E-state index contributed by atoms with van der Waals surface area (Å²) in [6.07, 6.45) is 4.14. The maximum atomic E-state index is 13.4. The number of nitrogens with one attached hydrogen (secondary N) is 1. The van der Waals surface area contributed by atoms with E-state index in [9.17, 15) is 18.0 Å². The van der Waals surface area contributed by atoms with Crippen LogP contribution in [0.4, 0.5) is 5.00 Å². The van der Waals surface area contributed by atoms with E-state index in [1.807, 2.05) is 32.0 Å². The summed E-state index contributed by atoms with van der Waals surface area (Å²) in [7, 11) is -0.227. The number of sulfonamides is 1. The third-order valence-electron chi connectivity index (χ3n) is 7.51. The van der Waals surface area contributed by atoms with Gasteiger partial charge in [-0.2, -0.15) is 4.31 Å². The number of hydrogen-bond acceptors (Lipinski definition) is 6. The van der Waals surface area contributed by atoms with Gasteiger partial charge in [0.25, 0.3) is 11.8 Å². The van der Waals surface area contributed by atoms with Gasteiger partial charge >= 0.3 is 0 Å². The van der Waals surface area contributed by atoms with E-state index < -0.39 is 10.0 Å². The van der Waals surface area contributed by atoms with E-state index in [-0.39, 0.29) is 16.7 Å². The number of benzene rings is 2. The third-order valence-corrected chi connectivity index (χ3v) is 10.6. The minimum Gasteiger partial charge on any atom is -0.345 e. The SMILES string of the molecule is CCCCN(CCCC)S(=O)(=O)c1ccc(C(=O)Nc2sc3c(c2C(=O)N(C)C)CCN(Cc2ccccc2)C3)cc1. The van der Waals surface area contributed by atoms with Gasteiger partial charge in [0.1, 0.15) is 5.00 Å². The molecule has 2 aromatic carbocycles. The Hall–Kier alpha value is -3.05. The second-order valence-corrected chi connectivity index (χ2v) is 14.0. The lowest BCUT2D eigenvalue weighted by atomic mass is 10.0. The number of unbranched alkanes of at least 4 members (excludes halogenated alkanes) is 2. The molecule has 0 aliphatic carbocycles. The molecule has 1 N–H and O–H groups in total. The van der Waals surface area contributed by atoms with Crippen molar-refractivity contribution in [3.63, 3.8) is 0 Å². The first-order chi connectivity index (χ1) is 20.1. The molecule has 0 fully saturated rings. The molecule has 1 aromatic heterocycles.